The van der Waals surface area contributed by atoms with Crippen molar-refractivity contribution in [3.05, 3.63) is 77.1 Å². The van der Waals surface area contributed by atoms with Gasteiger partial charge >= 0.3 is 0 Å². The van der Waals surface area contributed by atoms with Crippen molar-refractivity contribution in [2.75, 3.05) is 26.2 Å². The highest BCUT2D eigenvalue weighted by Crippen LogP contribution is 2.24. The minimum absolute atomic E-state index is 0.0965. The number of carbonyl (C=O) groups is 2. The Hall–Kier alpha value is -3.85. The van der Waals surface area contributed by atoms with Gasteiger partial charge in [0.2, 0.25) is 5.82 Å². The second-order valence-corrected chi connectivity index (χ2v) is 9.51. The molecule has 10 heteroatoms. The van der Waals surface area contributed by atoms with Gasteiger partial charge in [0.25, 0.3) is 11.8 Å². The summed E-state index contributed by atoms with van der Waals surface area (Å²) < 4.78 is 1.52. The van der Waals surface area contributed by atoms with Crippen LogP contribution in [0.5, 0.6) is 0 Å². The SMILES string of the molecule is CC1(C)CN(C(=O)c2cccc(C3=CC=NC3)n2)CCN1C(=O)c1ncn(-c2cccc(Cl)c2)n1. The van der Waals surface area contributed by atoms with Gasteiger partial charge in [0, 0.05) is 36.4 Å². The summed E-state index contributed by atoms with van der Waals surface area (Å²) in [6, 6.07) is 12.6. The van der Waals surface area contributed by atoms with Gasteiger partial charge in [0.1, 0.15) is 12.0 Å². The first-order valence-electron chi connectivity index (χ1n) is 11.3. The van der Waals surface area contributed by atoms with E-state index in [4.69, 9.17) is 11.6 Å². The Morgan fingerprint density at radius 2 is 1.89 bits per heavy atom. The van der Waals surface area contributed by atoms with Crippen LogP contribution in [0.2, 0.25) is 5.02 Å². The number of nitrogens with zero attached hydrogens (tertiary/aromatic N) is 7. The van der Waals surface area contributed by atoms with Gasteiger partial charge in [-0.05, 0) is 50.3 Å². The highest BCUT2D eigenvalue weighted by atomic mass is 35.5. The maximum absolute atomic E-state index is 13.3. The number of allylic oxidation sites excluding steroid dienone is 1. The summed E-state index contributed by atoms with van der Waals surface area (Å²) in [4.78, 5) is 43.0. The predicted octanol–water partition coefficient (Wildman–Crippen LogP) is 3.16. The second kappa shape index (κ2) is 9.07. The number of aromatic nitrogens is 4. The van der Waals surface area contributed by atoms with Crippen molar-refractivity contribution in [1.82, 2.24) is 29.5 Å². The molecule has 2 aliphatic heterocycles. The lowest BCUT2D eigenvalue weighted by Gasteiger charge is -2.46. The molecule has 0 radical (unpaired) electrons. The van der Waals surface area contributed by atoms with Crippen molar-refractivity contribution in [3.8, 4) is 5.69 Å². The molecule has 2 aromatic heterocycles. The summed E-state index contributed by atoms with van der Waals surface area (Å²) in [5, 5.41) is 4.93. The number of benzene rings is 1. The van der Waals surface area contributed by atoms with Gasteiger partial charge in [0.15, 0.2) is 0 Å². The first-order valence-corrected chi connectivity index (χ1v) is 11.6. The Bertz CT molecular complexity index is 1360. The summed E-state index contributed by atoms with van der Waals surface area (Å²) in [5.74, 6) is -0.342. The van der Waals surface area contributed by atoms with Gasteiger partial charge in [-0.3, -0.25) is 14.6 Å². The fourth-order valence-corrected chi connectivity index (χ4v) is 4.52. The van der Waals surface area contributed by atoms with Gasteiger partial charge in [-0.15, -0.1) is 5.10 Å². The molecule has 35 heavy (non-hydrogen) atoms. The summed E-state index contributed by atoms with van der Waals surface area (Å²) in [6.07, 6.45) is 5.15. The van der Waals surface area contributed by atoms with E-state index in [0.29, 0.717) is 42.6 Å². The maximum atomic E-state index is 13.3. The molecule has 2 aliphatic rings. The molecule has 1 saturated heterocycles. The van der Waals surface area contributed by atoms with Crippen molar-refractivity contribution in [2.45, 2.75) is 19.4 Å². The van der Waals surface area contributed by atoms with E-state index in [0.717, 1.165) is 11.3 Å². The third-order valence-electron chi connectivity index (χ3n) is 6.13. The van der Waals surface area contributed by atoms with Gasteiger partial charge < -0.3 is 9.80 Å². The third kappa shape index (κ3) is 4.59. The quantitative estimate of drug-likeness (QED) is 0.561. The highest BCUT2D eigenvalue weighted by Gasteiger charge is 2.40. The van der Waals surface area contributed by atoms with Gasteiger partial charge in [-0.2, -0.15) is 0 Å². The lowest BCUT2D eigenvalue weighted by atomic mass is 9.98. The molecule has 1 fully saturated rings. The van der Waals surface area contributed by atoms with Crippen molar-refractivity contribution < 1.29 is 9.59 Å². The molecule has 4 heterocycles. The van der Waals surface area contributed by atoms with E-state index < -0.39 is 5.54 Å². The Kier molecular flexibility index (Phi) is 5.94. The van der Waals surface area contributed by atoms with E-state index in [1.54, 1.807) is 34.2 Å². The molecule has 5 rings (SSSR count). The van der Waals surface area contributed by atoms with Crippen LogP contribution in [-0.4, -0.2) is 79.3 Å². The lowest BCUT2D eigenvalue weighted by Crippen LogP contribution is -2.62. The number of carbonyl (C=O) groups excluding carboxylic acids is 2. The van der Waals surface area contributed by atoms with Crippen molar-refractivity contribution >= 4 is 35.2 Å². The van der Waals surface area contributed by atoms with Gasteiger partial charge in [-0.25, -0.2) is 14.6 Å². The monoisotopic (exact) mass is 489 g/mol. The Labute approximate surface area is 207 Å². The van der Waals surface area contributed by atoms with Gasteiger partial charge in [-0.1, -0.05) is 23.7 Å². The summed E-state index contributed by atoms with van der Waals surface area (Å²) in [5.41, 5.74) is 2.22. The fraction of sp³-hybridized carbons (Fsp3) is 0.280. The molecule has 0 unspecified atom stereocenters. The average molecular weight is 490 g/mol. The zero-order valence-corrected chi connectivity index (χ0v) is 20.2. The number of aliphatic imine (C=N–C) groups is 1. The number of pyridine rings is 1. The molecule has 0 atom stereocenters. The molecule has 0 spiro atoms. The standard InChI is InChI=1S/C25H24ClN7O2/c1-25(2)15-31(23(34)21-8-4-7-20(29-21)17-9-10-27-14-17)11-12-32(25)24(35)22-28-16-33(30-22)19-6-3-5-18(26)13-19/h3-10,13,16H,11-12,14-15H2,1-2H3. The van der Waals surface area contributed by atoms with E-state index in [-0.39, 0.29) is 17.6 Å². The molecular weight excluding hydrogens is 466 g/mol. The number of rotatable bonds is 4. The minimum Gasteiger partial charge on any atom is -0.333 e. The molecule has 3 aromatic rings. The molecular formula is C25H24ClN7O2. The van der Waals surface area contributed by atoms with Gasteiger partial charge in [0.05, 0.1) is 23.5 Å². The molecule has 0 N–H and O–H groups in total. The molecule has 0 aliphatic carbocycles. The van der Waals surface area contributed by atoms with Crippen LogP contribution in [0.15, 0.2) is 59.9 Å². The zero-order chi connectivity index (χ0) is 24.6. The highest BCUT2D eigenvalue weighted by molar-refractivity contribution is 6.30. The lowest BCUT2D eigenvalue weighted by molar-refractivity contribution is 0.0158. The van der Waals surface area contributed by atoms with Crippen LogP contribution in [0, 0.1) is 0 Å². The number of amides is 2. The number of hydrogen-bond donors (Lipinski definition) is 0. The molecule has 0 saturated carbocycles. The molecule has 2 amide bonds. The summed E-state index contributed by atoms with van der Waals surface area (Å²) in [7, 11) is 0. The molecule has 0 bridgehead atoms. The molecule has 178 valence electrons. The number of hydrogen-bond acceptors (Lipinski definition) is 6. The van der Waals surface area contributed by atoms with E-state index in [9.17, 15) is 9.59 Å². The summed E-state index contributed by atoms with van der Waals surface area (Å²) >= 11 is 6.07. The van der Waals surface area contributed by atoms with Crippen LogP contribution in [0.4, 0.5) is 0 Å². The van der Waals surface area contributed by atoms with Crippen LogP contribution in [0.25, 0.3) is 11.3 Å². The average Bonchev–Trinajstić information content (AvgIpc) is 3.55. The normalized spacial score (nSPS) is 16.9. The number of piperazine rings is 1. The minimum atomic E-state index is -0.619. The van der Waals surface area contributed by atoms with Crippen LogP contribution < -0.4 is 0 Å². The Morgan fingerprint density at radius 3 is 2.63 bits per heavy atom. The van der Waals surface area contributed by atoms with E-state index in [1.165, 1.54) is 11.0 Å². The fourth-order valence-electron chi connectivity index (χ4n) is 4.34. The van der Waals surface area contributed by atoms with E-state index in [2.05, 4.69) is 20.1 Å². The number of halogens is 1. The Balaban J connectivity index is 1.30. The first-order chi connectivity index (χ1) is 16.8. The molecule has 9 nitrogen and oxygen atoms in total. The molecule has 1 aromatic carbocycles. The maximum Gasteiger partial charge on any atom is 0.294 e. The zero-order valence-electron chi connectivity index (χ0n) is 19.4. The summed E-state index contributed by atoms with van der Waals surface area (Å²) in [6.45, 7) is 5.55. The van der Waals surface area contributed by atoms with Crippen LogP contribution in [-0.2, 0) is 0 Å². The topological polar surface area (TPSA) is 96.6 Å². The third-order valence-corrected chi connectivity index (χ3v) is 6.37. The van der Waals surface area contributed by atoms with Crippen LogP contribution >= 0.6 is 11.6 Å². The van der Waals surface area contributed by atoms with Crippen molar-refractivity contribution in [3.63, 3.8) is 0 Å². The Morgan fingerprint density at radius 1 is 1.06 bits per heavy atom. The van der Waals surface area contributed by atoms with E-state index in [1.807, 2.05) is 44.2 Å². The largest absolute Gasteiger partial charge is 0.333 e. The smallest absolute Gasteiger partial charge is 0.294 e. The van der Waals surface area contributed by atoms with Crippen molar-refractivity contribution in [2.24, 2.45) is 4.99 Å². The van der Waals surface area contributed by atoms with Crippen LogP contribution in [0.1, 0.15) is 40.6 Å². The van der Waals surface area contributed by atoms with E-state index >= 15 is 0 Å². The van der Waals surface area contributed by atoms with Crippen molar-refractivity contribution in [1.29, 1.82) is 0 Å². The van der Waals surface area contributed by atoms with Crippen LogP contribution in [0.3, 0.4) is 0 Å². The predicted molar refractivity (Wildman–Crippen MR) is 133 cm³/mol. The second-order valence-electron chi connectivity index (χ2n) is 9.08. The first kappa shape index (κ1) is 22.9.